The van der Waals surface area contributed by atoms with E-state index in [0.717, 1.165) is 46.3 Å². The van der Waals surface area contributed by atoms with Gasteiger partial charge in [-0.3, -0.25) is 15.1 Å². The fourth-order valence-corrected chi connectivity index (χ4v) is 5.35. The molecule has 1 fully saturated rings. The molecule has 6 aromatic rings. The number of ether oxygens (including phenoxy) is 2. The molecule has 7 rings (SSSR count). The Bertz CT molecular complexity index is 1840. The first kappa shape index (κ1) is 24.2. The molecular weight excluding hydrogens is 509 g/mol. The molecule has 1 aliphatic carbocycles. The molecule has 0 saturated heterocycles. The monoisotopic (exact) mass is 535 g/mol. The van der Waals surface area contributed by atoms with Crippen molar-refractivity contribution in [1.29, 1.82) is 0 Å². The summed E-state index contributed by atoms with van der Waals surface area (Å²) in [5.74, 6) is 1.32. The smallest absolute Gasteiger partial charge is 0.160 e. The molecular formula is C30H26FN7O2. The number of hydrogen-bond donors (Lipinski definition) is 2. The molecule has 0 unspecified atom stereocenters. The van der Waals surface area contributed by atoms with Gasteiger partial charge in [0.2, 0.25) is 0 Å². The van der Waals surface area contributed by atoms with Gasteiger partial charge in [-0.25, -0.2) is 14.4 Å². The Morgan fingerprint density at radius 3 is 2.67 bits per heavy atom. The molecule has 40 heavy (non-hydrogen) atoms. The van der Waals surface area contributed by atoms with Crippen LogP contribution in [0.15, 0.2) is 61.2 Å². The van der Waals surface area contributed by atoms with E-state index in [0.29, 0.717) is 34.0 Å². The third-order valence-electron chi connectivity index (χ3n) is 7.34. The van der Waals surface area contributed by atoms with Crippen molar-refractivity contribution in [2.75, 3.05) is 7.11 Å². The van der Waals surface area contributed by atoms with Gasteiger partial charge in [0.25, 0.3) is 0 Å². The number of methoxy groups -OCH3 is 1. The van der Waals surface area contributed by atoms with E-state index in [9.17, 15) is 4.39 Å². The number of benzene rings is 1. The second-order valence-electron chi connectivity index (χ2n) is 10.00. The SMILES string of the molecule is COc1cc(F)cc(-c2ccnc3[nH]c(-c4n[nH]c5cnc(-c6cncc(OC7CCCCC7)c6)cc45)nc23)c1. The number of halogens is 1. The van der Waals surface area contributed by atoms with E-state index >= 15 is 0 Å². The van der Waals surface area contributed by atoms with Crippen LogP contribution in [0.4, 0.5) is 4.39 Å². The van der Waals surface area contributed by atoms with Gasteiger partial charge in [0.05, 0.1) is 36.8 Å². The summed E-state index contributed by atoms with van der Waals surface area (Å²) in [5, 5.41) is 8.42. The topological polar surface area (TPSA) is 114 Å². The van der Waals surface area contributed by atoms with Crippen molar-refractivity contribution in [3.63, 3.8) is 0 Å². The van der Waals surface area contributed by atoms with Crippen LogP contribution in [0.1, 0.15) is 32.1 Å². The summed E-state index contributed by atoms with van der Waals surface area (Å²) in [4.78, 5) is 21.6. The number of hydrogen-bond acceptors (Lipinski definition) is 7. The maximum atomic E-state index is 14.3. The van der Waals surface area contributed by atoms with Crippen LogP contribution in [0.3, 0.4) is 0 Å². The summed E-state index contributed by atoms with van der Waals surface area (Å²) in [7, 11) is 1.51. The third kappa shape index (κ3) is 4.51. The van der Waals surface area contributed by atoms with Crippen molar-refractivity contribution < 1.29 is 13.9 Å². The lowest BCUT2D eigenvalue weighted by molar-refractivity contribution is 0.154. The van der Waals surface area contributed by atoms with Crippen molar-refractivity contribution in [2.45, 2.75) is 38.2 Å². The number of nitrogens with one attached hydrogen (secondary N) is 2. The van der Waals surface area contributed by atoms with Crippen LogP contribution >= 0.6 is 0 Å². The van der Waals surface area contributed by atoms with E-state index in [1.807, 2.05) is 12.1 Å². The molecule has 10 heteroatoms. The Kier molecular flexibility index (Phi) is 6.07. The molecule has 1 saturated carbocycles. The zero-order valence-corrected chi connectivity index (χ0v) is 21.8. The Morgan fingerprint density at radius 1 is 0.925 bits per heavy atom. The Morgan fingerprint density at radius 2 is 1.80 bits per heavy atom. The van der Waals surface area contributed by atoms with Crippen molar-refractivity contribution in [1.82, 2.24) is 35.1 Å². The Hall–Kier alpha value is -4.86. The summed E-state index contributed by atoms with van der Waals surface area (Å²) in [6.07, 6.45) is 13.0. The molecule has 2 N–H and O–H groups in total. The minimum absolute atomic E-state index is 0.238. The first-order valence-corrected chi connectivity index (χ1v) is 13.3. The van der Waals surface area contributed by atoms with Crippen LogP contribution in [0.5, 0.6) is 11.5 Å². The van der Waals surface area contributed by atoms with Gasteiger partial charge in [-0.1, -0.05) is 6.42 Å². The molecule has 9 nitrogen and oxygen atoms in total. The summed E-state index contributed by atoms with van der Waals surface area (Å²) in [6, 6.07) is 10.3. The second-order valence-corrected chi connectivity index (χ2v) is 10.00. The summed E-state index contributed by atoms with van der Waals surface area (Å²) < 4.78 is 25.7. The maximum absolute atomic E-state index is 14.3. The predicted octanol–water partition coefficient (Wildman–Crippen LogP) is 6.48. The van der Waals surface area contributed by atoms with Gasteiger partial charge in [-0.05, 0) is 61.6 Å². The molecule has 5 aromatic heterocycles. The summed E-state index contributed by atoms with van der Waals surface area (Å²) in [6.45, 7) is 0. The average molecular weight is 536 g/mol. The van der Waals surface area contributed by atoms with Crippen molar-refractivity contribution in [2.24, 2.45) is 0 Å². The molecule has 1 aliphatic rings. The fraction of sp³-hybridized carbons (Fsp3) is 0.233. The van der Waals surface area contributed by atoms with Crippen LogP contribution < -0.4 is 9.47 Å². The van der Waals surface area contributed by atoms with E-state index in [-0.39, 0.29) is 6.10 Å². The molecule has 0 bridgehead atoms. The third-order valence-corrected chi connectivity index (χ3v) is 7.34. The number of H-pyrrole nitrogens is 2. The molecule has 0 aliphatic heterocycles. The van der Waals surface area contributed by atoms with E-state index in [4.69, 9.17) is 14.5 Å². The maximum Gasteiger partial charge on any atom is 0.160 e. The zero-order valence-electron chi connectivity index (χ0n) is 21.8. The minimum atomic E-state index is -0.393. The summed E-state index contributed by atoms with van der Waals surface area (Å²) in [5.41, 5.74) is 5.54. The van der Waals surface area contributed by atoms with Gasteiger partial charge in [-0.15, -0.1) is 0 Å². The quantitative estimate of drug-likeness (QED) is 0.251. The lowest BCUT2D eigenvalue weighted by Gasteiger charge is -2.22. The molecule has 1 aromatic carbocycles. The highest BCUT2D eigenvalue weighted by molar-refractivity contribution is 5.96. The molecule has 200 valence electrons. The number of fused-ring (bicyclic) bond motifs is 2. The van der Waals surface area contributed by atoms with Gasteiger partial charge in [0, 0.05) is 35.0 Å². The highest BCUT2D eigenvalue weighted by Crippen LogP contribution is 2.34. The van der Waals surface area contributed by atoms with Crippen LogP contribution in [0, 0.1) is 5.82 Å². The van der Waals surface area contributed by atoms with Gasteiger partial charge >= 0.3 is 0 Å². The molecule has 0 radical (unpaired) electrons. The van der Waals surface area contributed by atoms with Gasteiger partial charge < -0.3 is 14.5 Å². The van der Waals surface area contributed by atoms with Crippen LogP contribution in [0.2, 0.25) is 0 Å². The number of aromatic amines is 2. The van der Waals surface area contributed by atoms with Crippen molar-refractivity contribution in [3.8, 4) is 45.4 Å². The first-order valence-electron chi connectivity index (χ1n) is 13.3. The summed E-state index contributed by atoms with van der Waals surface area (Å²) >= 11 is 0. The highest BCUT2D eigenvalue weighted by Gasteiger charge is 2.19. The predicted molar refractivity (Wildman–Crippen MR) is 149 cm³/mol. The number of aromatic nitrogens is 7. The van der Waals surface area contributed by atoms with Gasteiger partial charge in [0.15, 0.2) is 11.5 Å². The number of nitrogens with zero attached hydrogens (tertiary/aromatic N) is 5. The lowest BCUT2D eigenvalue weighted by Crippen LogP contribution is -2.19. The average Bonchev–Trinajstić information content (AvgIpc) is 3.61. The van der Waals surface area contributed by atoms with Gasteiger partial charge in [-0.2, -0.15) is 5.10 Å². The second kappa shape index (κ2) is 10.0. The number of rotatable bonds is 6. The van der Waals surface area contributed by atoms with Crippen molar-refractivity contribution in [3.05, 3.63) is 67.0 Å². The molecule has 5 heterocycles. The molecule has 0 atom stereocenters. The standard InChI is InChI=1S/C30H26FN7O2/c1-39-21-10-17(9-19(31)12-21)23-7-8-33-29-27(23)35-30(36-29)28-24-13-25(34-16-26(24)37-38-28)18-11-22(15-32-14-18)40-20-5-3-2-4-6-20/h7-16,20H,2-6H2,1H3,(H,37,38)(H,33,35,36). The van der Waals surface area contributed by atoms with Crippen molar-refractivity contribution >= 4 is 22.1 Å². The van der Waals surface area contributed by atoms with Gasteiger partial charge in [0.1, 0.15) is 28.5 Å². The van der Waals surface area contributed by atoms with Crippen LogP contribution in [-0.4, -0.2) is 48.3 Å². The zero-order chi connectivity index (χ0) is 27.1. The Balaban J connectivity index is 1.26. The van der Waals surface area contributed by atoms with Crippen LogP contribution in [0.25, 0.3) is 56.0 Å². The minimum Gasteiger partial charge on any atom is -0.497 e. The lowest BCUT2D eigenvalue weighted by atomic mass is 9.98. The molecule has 0 spiro atoms. The highest BCUT2D eigenvalue weighted by atomic mass is 19.1. The van der Waals surface area contributed by atoms with E-state index < -0.39 is 5.82 Å². The number of imidazole rings is 1. The largest absolute Gasteiger partial charge is 0.497 e. The van der Waals surface area contributed by atoms with E-state index in [2.05, 4.69) is 30.1 Å². The number of pyridine rings is 3. The first-order chi connectivity index (χ1) is 19.6. The fourth-order valence-electron chi connectivity index (χ4n) is 5.35. The Labute approximate surface area is 228 Å². The van der Waals surface area contributed by atoms with Crippen LogP contribution in [-0.2, 0) is 0 Å². The van der Waals surface area contributed by atoms with E-state index in [1.165, 1.54) is 38.5 Å². The normalized spacial score (nSPS) is 14.2. The molecule has 0 amide bonds. The van der Waals surface area contributed by atoms with E-state index in [1.54, 1.807) is 36.9 Å².